The molecule has 2 heterocycles. The molecular weight excluding hydrogens is 306 g/mol. The molecule has 3 nitrogen and oxygen atoms in total. The van der Waals surface area contributed by atoms with E-state index in [1.54, 1.807) is 40.5 Å². The van der Waals surface area contributed by atoms with Gasteiger partial charge in [0.1, 0.15) is 0 Å². The summed E-state index contributed by atoms with van der Waals surface area (Å²) in [7, 11) is 0. The van der Waals surface area contributed by atoms with Gasteiger partial charge in [0.25, 0.3) is 5.91 Å². The van der Waals surface area contributed by atoms with Crippen LogP contribution in [0, 0.1) is 0 Å². The lowest BCUT2D eigenvalue weighted by atomic mass is 10.2. The number of furan rings is 1. The summed E-state index contributed by atoms with van der Waals surface area (Å²) >= 11 is 7.65. The van der Waals surface area contributed by atoms with Gasteiger partial charge in [-0.25, -0.2) is 0 Å². The van der Waals surface area contributed by atoms with Crippen LogP contribution < -0.4 is 4.90 Å². The molecule has 0 radical (unpaired) electrons. The van der Waals surface area contributed by atoms with Gasteiger partial charge in [-0.1, -0.05) is 23.7 Å². The van der Waals surface area contributed by atoms with E-state index in [9.17, 15) is 4.79 Å². The first-order chi connectivity index (χ1) is 10.2. The van der Waals surface area contributed by atoms with Gasteiger partial charge < -0.3 is 9.32 Å². The number of anilines is 1. The van der Waals surface area contributed by atoms with E-state index in [4.69, 9.17) is 16.0 Å². The summed E-state index contributed by atoms with van der Waals surface area (Å²) < 4.78 is 5.23. The van der Waals surface area contributed by atoms with Crippen LogP contribution in [0.4, 0.5) is 5.69 Å². The molecule has 5 heteroatoms. The van der Waals surface area contributed by atoms with Crippen molar-refractivity contribution >= 4 is 34.5 Å². The Morgan fingerprint density at radius 2 is 2.10 bits per heavy atom. The summed E-state index contributed by atoms with van der Waals surface area (Å²) in [6, 6.07) is 14.6. The molecule has 3 aromatic rings. The van der Waals surface area contributed by atoms with Gasteiger partial charge >= 0.3 is 0 Å². The van der Waals surface area contributed by atoms with E-state index in [2.05, 4.69) is 0 Å². The third-order valence-corrected chi connectivity index (χ3v) is 4.09. The van der Waals surface area contributed by atoms with E-state index in [0.29, 0.717) is 17.3 Å². The van der Waals surface area contributed by atoms with Crippen molar-refractivity contribution in [2.24, 2.45) is 0 Å². The van der Waals surface area contributed by atoms with Gasteiger partial charge in [0, 0.05) is 15.6 Å². The second-order valence-corrected chi connectivity index (χ2v) is 5.90. The molecule has 0 bridgehead atoms. The maximum absolute atomic E-state index is 12.6. The SMILES string of the molecule is O=C(c1ccco1)N(Cc1cccs1)c1cccc(Cl)c1. The Hall–Kier alpha value is -2.04. The maximum atomic E-state index is 12.6. The minimum absolute atomic E-state index is 0.185. The van der Waals surface area contributed by atoms with E-state index in [1.807, 2.05) is 29.6 Å². The third-order valence-electron chi connectivity index (χ3n) is 2.99. The Balaban J connectivity index is 1.96. The van der Waals surface area contributed by atoms with Gasteiger partial charge in [-0.3, -0.25) is 4.79 Å². The fourth-order valence-corrected chi connectivity index (χ4v) is 2.89. The van der Waals surface area contributed by atoms with Crippen molar-refractivity contribution in [3.8, 4) is 0 Å². The molecule has 3 rings (SSSR count). The predicted molar refractivity (Wildman–Crippen MR) is 85.0 cm³/mol. The standard InChI is InChI=1S/C16H12ClNO2S/c17-12-4-1-5-13(10-12)18(11-14-6-3-9-21-14)16(19)15-7-2-8-20-15/h1-10H,11H2. The first-order valence-corrected chi connectivity index (χ1v) is 7.63. The minimum Gasteiger partial charge on any atom is -0.459 e. The van der Waals surface area contributed by atoms with Gasteiger partial charge in [-0.05, 0) is 41.8 Å². The van der Waals surface area contributed by atoms with Crippen molar-refractivity contribution in [3.63, 3.8) is 0 Å². The van der Waals surface area contributed by atoms with E-state index in [0.717, 1.165) is 10.6 Å². The average molecular weight is 318 g/mol. The third kappa shape index (κ3) is 3.17. The van der Waals surface area contributed by atoms with Crippen LogP contribution in [-0.2, 0) is 6.54 Å². The topological polar surface area (TPSA) is 33.5 Å². The number of amides is 1. The zero-order valence-corrected chi connectivity index (χ0v) is 12.6. The molecule has 106 valence electrons. The molecule has 0 fully saturated rings. The lowest BCUT2D eigenvalue weighted by molar-refractivity contribution is 0.0958. The summed E-state index contributed by atoms with van der Waals surface area (Å²) in [5.41, 5.74) is 0.748. The molecule has 0 N–H and O–H groups in total. The zero-order valence-electron chi connectivity index (χ0n) is 11.0. The zero-order chi connectivity index (χ0) is 14.7. The summed E-state index contributed by atoms with van der Waals surface area (Å²) in [5.74, 6) is 0.127. The van der Waals surface area contributed by atoms with Crippen LogP contribution in [-0.4, -0.2) is 5.91 Å². The normalized spacial score (nSPS) is 10.5. The van der Waals surface area contributed by atoms with E-state index >= 15 is 0 Å². The molecule has 0 saturated carbocycles. The Labute approximate surface area is 131 Å². The predicted octanol–water partition coefficient (Wildman–Crippen LogP) is 4.84. The number of rotatable bonds is 4. The molecule has 0 aliphatic rings. The first kappa shape index (κ1) is 13.9. The molecule has 0 saturated heterocycles. The highest BCUT2D eigenvalue weighted by molar-refractivity contribution is 7.09. The number of carbonyl (C=O) groups is 1. The van der Waals surface area contributed by atoms with Crippen LogP contribution in [0.15, 0.2) is 64.6 Å². The minimum atomic E-state index is -0.185. The fourth-order valence-electron chi connectivity index (χ4n) is 2.02. The summed E-state index contributed by atoms with van der Waals surface area (Å²) in [6.07, 6.45) is 1.49. The number of halogens is 1. The number of hydrogen-bond acceptors (Lipinski definition) is 3. The van der Waals surface area contributed by atoms with Crippen LogP contribution >= 0.6 is 22.9 Å². The number of carbonyl (C=O) groups excluding carboxylic acids is 1. The quantitative estimate of drug-likeness (QED) is 0.689. The number of nitrogens with zero attached hydrogens (tertiary/aromatic N) is 1. The number of thiophene rings is 1. The monoisotopic (exact) mass is 317 g/mol. The van der Waals surface area contributed by atoms with Crippen LogP contribution in [0.5, 0.6) is 0 Å². The fraction of sp³-hybridized carbons (Fsp3) is 0.0625. The van der Waals surface area contributed by atoms with Gasteiger partial charge in [-0.2, -0.15) is 0 Å². The Morgan fingerprint density at radius 3 is 2.76 bits per heavy atom. The van der Waals surface area contributed by atoms with Crippen LogP contribution in [0.3, 0.4) is 0 Å². The van der Waals surface area contributed by atoms with Crippen LogP contribution in [0.1, 0.15) is 15.4 Å². The van der Waals surface area contributed by atoms with Crippen molar-refractivity contribution in [1.29, 1.82) is 0 Å². The molecule has 0 aliphatic carbocycles. The lowest BCUT2D eigenvalue weighted by Crippen LogP contribution is -2.29. The van der Waals surface area contributed by atoms with Crippen molar-refractivity contribution in [1.82, 2.24) is 0 Å². The number of hydrogen-bond donors (Lipinski definition) is 0. The summed E-state index contributed by atoms with van der Waals surface area (Å²) in [6.45, 7) is 0.484. The molecule has 21 heavy (non-hydrogen) atoms. The van der Waals surface area contributed by atoms with Crippen molar-refractivity contribution in [2.75, 3.05) is 4.90 Å². The summed E-state index contributed by atoms with van der Waals surface area (Å²) in [4.78, 5) is 15.4. The highest BCUT2D eigenvalue weighted by atomic mass is 35.5. The van der Waals surface area contributed by atoms with Crippen molar-refractivity contribution < 1.29 is 9.21 Å². The van der Waals surface area contributed by atoms with Crippen molar-refractivity contribution in [2.45, 2.75) is 6.54 Å². The Morgan fingerprint density at radius 1 is 1.19 bits per heavy atom. The lowest BCUT2D eigenvalue weighted by Gasteiger charge is -2.21. The second-order valence-electron chi connectivity index (χ2n) is 4.43. The molecule has 0 spiro atoms. The first-order valence-electron chi connectivity index (χ1n) is 6.37. The molecule has 0 unspecified atom stereocenters. The highest BCUT2D eigenvalue weighted by Gasteiger charge is 2.21. The highest BCUT2D eigenvalue weighted by Crippen LogP contribution is 2.24. The Kier molecular flexibility index (Phi) is 4.08. The van der Waals surface area contributed by atoms with Gasteiger partial charge in [0.2, 0.25) is 0 Å². The molecule has 0 aliphatic heterocycles. The van der Waals surface area contributed by atoms with Gasteiger partial charge in [-0.15, -0.1) is 11.3 Å². The van der Waals surface area contributed by atoms with Crippen LogP contribution in [0.2, 0.25) is 5.02 Å². The largest absolute Gasteiger partial charge is 0.459 e. The maximum Gasteiger partial charge on any atom is 0.294 e. The van der Waals surface area contributed by atoms with Gasteiger partial charge in [0.05, 0.1) is 12.8 Å². The number of benzene rings is 1. The molecule has 1 aromatic carbocycles. The second kappa shape index (κ2) is 6.16. The van der Waals surface area contributed by atoms with E-state index in [1.165, 1.54) is 6.26 Å². The van der Waals surface area contributed by atoms with E-state index < -0.39 is 0 Å². The molecule has 0 atom stereocenters. The summed E-state index contributed by atoms with van der Waals surface area (Å²) in [5, 5.41) is 2.58. The molecule has 1 amide bonds. The van der Waals surface area contributed by atoms with E-state index in [-0.39, 0.29) is 5.91 Å². The van der Waals surface area contributed by atoms with Crippen LogP contribution in [0.25, 0.3) is 0 Å². The molecular formula is C16H12ClNO2S. The van der Waals surface area contributed by atoms with Crippen molar-refractivity contribution in [3.05, 3.63) is 75.8 Å². The van der Waals surface area contributed by atoms with Gasteiger partial charge in [0.15, 0.2) is 5.76 Å². The smallest absolute Gasteiger partial charge is 0.294 e. The Bertz CT molecular complexity index is 723. The average Bonchev–Trinajstić information content (AvgIpc) is 3.17. The molecule has 2 aromatic heterocycles.